The highest BCUT2D eigenvalue weighted by atomic mass is 19.1. The summed E-state index contributed by atoms with van der Waals surface area (Å²) in [4.78, 5) is 22.1. The zero-order valence-corrected chi connectivity index (χ0v) is 14.4. The molecule has 0 aliphatic carbocycles. The van der Waals surface area contributed by atoms with Crippen molar-refractivity contribution < 1.29 is 9.18 Å². The number of benzene rings is 2. The van der Waals surface area contributed by atoms with E-state index in [4.69, 9.17) is 0 Å². The lowest BCUT2D eigenvalue weighted by Gasteiger charge is -2.31. The fourth-order valence-corrected chi connectivity index (χ4v) is 3.49. The minimum Gasteiger partial charge on any atom is -0.348 e. The third kappa shape index (κ3) is 3.38. The Hall–Kier alpha value is -2.95. The first-order valence-corrected chi connectivity index (χ1v) is 8.85. The maximum absolute atomic E-state index is 13.0. The molecule has 4 rings (SSSR count). The lowest BCUT2D eigenvalue weighted by molar-refractivity contribution is 0.0711. The van der Waals surface area contributed by atoms with E-state index in [0.717, 1.165) is 42.9 Å². The monoisotopic (exact) mass is 349 g/mol. The Bertz CT molecular complexity index is 865. The predicted molar refractivity (Wildman–Crippen MR) is 98.3 cm³/mol. The van der Waals surface area contributed by atoms with Gasteiger partial charge in [-0.3, -0.25) is 4.79 Å². The van der Waals surface area contributed by atoms with E-state index in [1.54, 1.807) is 18.3 Å². The molecule has 0 radical (unpaired) electrons. The average molecular weight is 349 g/mol. The van der Waals surface area contributed by atoms with Gasteiger partial charge >= 0.3 is 0 Å². The van der Waals surface area contributed by atoms with Gasteiger partial charge in [-0.25, -0.2) is 9.37 Å². The maximum atomic E-state index is 13.0. The van der Waals surface area contributed by atoms with Crippen LogP contribution in [0.25, 0.3) is 11.1 Å². The number of hydrogen-bond acceptors (Lipinski definition) is 2. The molecule has 0 unspecified atom stereocenters. The van der Waals surface area contributed by atoms with Crippen molar-refractivity contribution in [3.8, 4) is 11.1 Å². The Morgan fingerprint density at radius 1 is 1.00 bits per heavy atom. The summed E-state index contributed by atoms with van der Waals surface area (Å²) in [5.74, 6) is 1.22. The summed E-state index contributed by atoms with van der Waals surface area (Å²) in [7, 11) is 0. The summed E-state index contributed by atoms with van der Waals surface area (Å²) in [6.45, 7) is 1.48. The first-order valence-electron chi connectivity index (χ1n) is 8.85. The number of piperidine rings is 1. The van der Waals surface area contributed by atoms with Gasteiger partial charge in [0.2, 0.25) is 0 Å². The lowest BCUT2D eigenvalue weighted by Crippen LogP contribution is -2.38. The van der Waals surface area contributed by atoms with Gasteiger partial charge in [0.25, 0.3) is 5.91 Å². The van der Waals surface area contributed by atoms with Gasteiger partial charge in [-0.05, 0) is 48.2 Å². The molecule has 1 fully saturated rings. The highest BCUT2D eigenvalue weighted by molar-refractivity contribution is 5.94. The summed E-state index contributed by atoms with van der Waals surface area (Å²) in [6, 6.07) is 13.9. The molecule has 0 spiro atoms. The molecule has 5 heteroatoms. The Balaban J connectivity index is 1.41. The van der Waals surface area contributed by atoms with Gasteiger partial charge in [-0.15, -0.1) is 0 Å². The summed E-state index contributed by atoms with van der Waals surface area (Å²) >= 11 is 0. The second-order valence-electron chi connectivity index (χ2n) is 6.63. The fraction of sp³-hybridized carbons (Fsp3) is 0.238. The van der Waals surface area contributed by atoms with Crippen LogP contribution in [0.15, 0.2) is 60.9 Å². The number of likely N-dealkylation sites (tertiary alicyclic amines) is 1. The van der Waals surface area contributed by atoms with Crippen molar-refractivity contribution in [1.82, 2.24) is 14.9 Å². The maximum Gasteiger partial charge on any atom is 0.253 e. The van der Waals surface area contributed by atoms with Crippen LogP contribution in [-0.2, 0) is 0 Å². The lowest BCUT2D eigenvalue weighted by atomic mass is 9.95. The van der Waals surface area contributed by atoms with Gasteiger partial charge in [0.1, 0.15) is 11.6 Å². The molecule has 0 atom stereocenters. The zero-order valence-electron chi connectivity index (χ0n) is 14.4. The molecule has 132 valence electrons. The van der Waals surface area contributed by atoms with Crippen LogP contribution in [0.5, 0.6) is 0 Å². The van der Waals surface area contributed by atoms with Crippen LogP contribution < -0.4 is 0 Å². The van der Waals surface area contributed by atoms with Gasteiger partial charge in [0, 0.05) is 37.0 Å². The molecule has 0 bridgehead atoms. The van der Waals surface area contributed by atoms with E-state index in [2.05, 4.69) is 9.97 Å². The largest absolute Gasteiger partial charge is 0.348 e. The van der Waals surface area contributed by atoms with Crippen molar-refractivity contribution in [2.24, 2.45) is 0 Å². The molecular formula is C21H20FN3O. The number of amides is 1. The highest BCUT2D eigenvalue weighted by Crippen LogP contribution is 2.27. The minimum absolute atomic E-state index is 0.0635. The van der Waals surface area contributed by atoms with Crippen molar-refractivity contribution in [2.45, 2.75) is 18.8 Å². The summed E-state index contributed by atoms with van der Waals surface area (Å²) in [5, 5.41) is 0. The average Bonchev–Trinajstić information content (AvgIpc) is 3.23. The number of carbonyl (C=O) groups excluding carboxylic acids is 1. The predicted octanol–water partition coefficient (Wildman–Crippen LogP) is 4.24. The van der Waals surface area contributed by atoms with E-state index in [9.17, 15) is 9.18 Å². The molecule has 1 saturated heterocycles. The molecule has 1 amide bonds. The number of nitrogens with one attached hydrogen (secondary N) is 1. The molecule has 1 aromatic heterocycles. The summed E-state index contributed by atoms with van der Waals surface area (Å²) in [6.07, 6.45) is 5.46. The standard InChI is InChI=1S/C21H20FN3O/c22-19-7-5-16(6-8-19)15-1-3-18(4-2-15)21(26)25-13-9-17(10-14-25)20-23-11-12-24-20/h1-8,11-12,17H,9-10,13-14H2,(H,23,24). The summed E-state index contributed by atoms with van der Waals surface area (Å²) < 4.78 is 13.0. The molecule has 0 saturated carbocycles. The normalized spacial score (nSPS) is 15.2. The van der Waals surface area contributed by atoms with Gasteiger partial charge in [-0.2, -0.15) is 0 Å². The summed E-state index contributed by atoms with van der Waals surface area (Å²) in [5.41, 5.74) is 2.59. The second-order valence-corrected chi connectivity index (χ2v) is 6.63. The topological polar surface area (TPSA) is 49.0 Å². The third-order valence-electron chi connectivity index (χ3n) is 5.00. The van der Waals surface area contributed by atoms with Crippen LogP contribution in [0.4, 0.5) is 4.39 Å². The quantitative estimate of drug-likeness (QED) is 0.769. The van der Waals surface area contributed by atoms with E-state index >= 15 is 0 Å². The molecule has 4 nitrogen and oxygen atoms in total. The number of hydrogen-bond donors (Lipinski definition) is 1. The van der Waals surface area contributed by atoms with E-state index in [1.165, 1.54) is 12.1 Å². The Morgan fingerprint density at radius 3 is 2.19 bits per heavy atom. The SMILES string of the molecule is O=C(c1ccc(-c2ccc(F)cc2)cc1)N1CCC(c2ncc[nH]2)CC1. The number of H-pyrrole nitrogens is 1. The number of halogens is 1. The molecule has 1 aliphatic heterocycles. The van der Waals surface area contributed by atoms with Crippen LogP contribution in [0.1, 0.15) is 34.9 Å². The van der Waals surface area contributed by atoms with Crippen molar-refractivity contribution in [3.05, 3.63) is 78.1 Å². The Kier molecular flexibility index (Phi) is 4.52. The fourth-order valence-electron chi connectivity index (χ4n) is 3.49. The molecule has 3 aromatic rings. The molecule has 2 heterocycles. The molecule has 1 N–H and O–H groups in total. The van der Waals surface area contributed by atoms with Crippen LogP contribution >= 0.6 is 0 Å². The number of rotatable bonds is 3. The third-order valence-corrected chi connectivity index (χ3v) is 5.00. The first-order chi connectivity index (χ1) is 12.7. The zero-order chi connectivity index (χ0) is 17.9. The number of aromatic amines is 1. The van der Waals surface area contributed by atoms with Crippen LogP contribution in [0.3, 0.4) is 0 Å². The van der Waals surface area contributed by atoms with Gasteiger partial charge in [0.15, 0.2) is 0 Å². The Morgan fingerprint density at radius 2 is 1.62 bits per heavy atom. The molecule has 2 aromatic carbocycles. The smallest absolute Gasteiger partial charge is 0.253 e. The van der Waals surface area contributed by atoms with Crippen LogP contribution in [0, 0.1) is 5.82 Å². The van der Waals surface area contributed by atoms with Crippen molar-refractivity contribution >= 4 is 5.91 Å². The Labute approximate surface area is 151 Å². The minimum atomic E-state index is -0.251. The first kappa shape index (κ1) is 16.5. The van der Waals surface area contributed by atoms with Gasteiger partial charge in [0.05, 0.1) is 0 Å². The number of carbonyl (C=O) groups is 1. The molecule has 1 aliphatic rings. The van der Waals surface area contributed by atoms with Gasteiger partial charge < -0.3 is 9.88 Å². The molecular weight excluding hydrogens is 329 g/mol. The number of aromatic nitrogens is 2. The second kappa shape index (κ2) is 7.12. The van der Waals surface area contributed by atoms with E-state index in [1.807, 2.05) is 35.4 Å². The van der Waals surface area contributed by atoms with Gasteiger partial charge in [-0.1, -0.05) is 24.3 Å². The van der Waals surface area contributed by atoms with E-state index < -0.39 is 0 Å². The molecule has 26 heavy (non-hydrogen) atoms. The van der Waals surface area contributed by atoms with Crippen LogP contribution in [0.2, 0.25) is 0 Å². The number of imidazole rings is 1. The van der Waals surface area contributed by atoms with Crippen molar-refractivity contribution in [3.63, 3.8) is 0 Å². The number of nitrogens with zero attached hydrogens (tertiary/aromatic N) is 2. The highest BCUT2D eigenvalue weighted by Gasteiger charge is 2.25. The van der Waals surface area contributed by atoms with E-state index in [0.29, 0.717) is 11.5 Å². The van der Waals surface area contributed by atoms with E-state index in [-0.39, 0.29) is 11.7 Å². The van der Waals surface area contributed by atoms with Crippen molar-refractivity contribution in [1.29, 1.82) is 0 Å². The van der Waals surface area contributed by atoms with Crippen molar-refractivity contribution in [2.75, 3.05) is 13.1 Å². The van der Waals surface area contributed by atoms with Crippen LogP contribution in [-0.4, -0.2) is 33.9 Å².